The van der Waals surface area contributed by atoms with E-state index in [4.69, 9.17) is 10.2 Å². The van der Waals surface area contributed by atoms with Gasteiger partial charge in [0.2, 0.25) is 5.91 Å². The van der Waals surface area contributed by atoms with E-state index in [-0.39, 0.29) is 11.5 Å². The molecule has 2 heterocycles. The van der Waals surface area contributed by atoms with Gasteiger partial charge in [0.1, 0.15) is 11.3 Å². The number of allylic oxidation sites excluding steroid dienone is 1. The number of piperidine rings is 1. The molecule has 1 aromatic rings. The Hall–Kier alpha value is -2.41. The summed E-state index contributed by atoms with van der Waals surface area (Å²) in [4.78, 5) is 36.7. The van der Waals surface area contributed by atoms with Gasteiger partial charge >= 0.3 is 5.63 Å². The number of carbonyl (C=O) groups excluding carboxylic acids is 2. The smallest absolute Gasteiger partial charge is 0.349 e. The molecular formula is C19H25N3O4. The van der Waals surface area contributed by atoms with Crippen LogP contribution < -0.4 is 22.0 Å². The molecule has 1 aliphatic heterocycles. The third kappa shape index (κ3) is 3.88. The van der Waals surface area contributed by atoms with E-state index in [0.717, 1.165) is 25.9 Å². The van der Waals surface area contributed by atoms with Crippen LogP contribution in [-0.4, -0.2) is 30.9 Å². The summed E-state index contributed by atoms with van der Waals surface area (Å²) in [6.07, 6.45) is 6.59. The summed E-state index contributed by atoms with van der Waals surface area (Å²) in [5, 5.41) is 6.06. The molecule has 0 spiro atoms. The van der Waals surface area contributed by atoms with Crippen LogP contribution >= 0.6 is 0 Å². The van der Waals surface area contributed by atoms with Crippen LogP contribution in [0.4, 0.5) is 0 Å². The van der Waals surface area contributed by atoms with Crippen LogP contribution in [0.2, 0.25) is 0 Å². The zero-order valence-electron chi connectivity index (χ0n) is 14.9. The molecule has 1 aromatic heterocycles. The van der Waals surface area contributed by atoms with Gasteiger partial charge in [0.15, 0.2) is 0 Å². The number of primary amides is 1. The Balaban J connectivity index is 1.80. The lowest BCUT2D eigenvalue weighted by Crippen LogP contribution is -2.47. The summed E-state index contributed by atoms with van der Waals surface area (Å²) in [6.45, 7) is 3.52. The summed E-state index contributed by atoms with van der Waals surface area (Å²) in [5.41, 5.74) is 5.39. The maximum atomic E-state index is 12.7. The van der Waals surface area contributed by atoms with E-state index in [1.54, 1.807) is 13.0 Å². The van der Waals surface area contributed by atoms with E-state index >= 15 is 0 Å². The Bertz CT molecular complexity index is 777. The Morgan fingerprint density at radius 3 is 2.58 bits per heavy atom. The van der Waals surface area contributed by atoms with Gasteiger partial charge in [0.05, 0.1) is 5.92 Å². The van der Waals surface area contributed by atoms with Gasteiger partial charge in [0.25, 0.3) is 5.91 Å². The largest absolute Gasteiger partial charge is 0.427 e. The molecule has 1 saturated heterocycles. The molecule has 0 saturated carbocycles. The van der Waals surface area contributed by atoms with Crippen molar-refractivity contribution in [2.24, 2.45) is 11.7 Å². The van der Waals surface area contributed by atoms with Gasteiger partial charge in [0, 0.05) is 12.0 Å². The highest BCUT2D eigenvalue weighted by Gasteiger charge is 2.30. The second-order valence-corrected chi connectivity index (χ2v) is 7.05. The quantitative estimate of drug-likeness (QED) is 0.693. The zero-order valence-corrected chi connectivity index (χ0v) is 14.9. The van der Waals surface area contributed by atoms with E-state index in [1.165, 1.54) is 0 Å². The van der Waals surface area contributed by atoms with Gasteiger partial charge in [-0.2, -0.15) is 0 Å². The Morgan fingerprint density at radius 1 is 1.23 bits per heavy atom. The summed E-state index contributed by atoms with van der Waals surface area (Å²) in [7, 11) is 0. The number of aryl methyl sites for hydroxylation is 1. The molecule has 7 nitrogen and oxygen atoms in total. The molecule has 4 N–H and O–H groups in total. The first-order valence-corrected chi connectivity index (χ1v) is 9.08. The van der Waals surface area contributed by atoms with Crippen LogP contribution in [0.25, 0.3) is 0 Å². The van der Waals surface area contributed by atoms with Crippen molar-refractivity contribution >= 4 is 11.8 Å². The van der Waals surface area contributed by atoms with Crippen molar-refractivity contribution in [2.45, 2.75) is 44.6 Å². The molecule has 0 aromatic carbocycles. The molecule has 26 heavy (non-hydrogen) atoms. The molecule has 7 heteroatoms. The molecule has 1 aliphatic carbocycles. The number of hydrogen-bond acceptors (Lipinski definition) is 5. The van der Waals surface area contributed by atoms with Gasteiger partial charge < -0.3 is 20.8 Å². The third-order valence-electron chi connectivity index (χ3n) is 5.25. The van der Waals surface area contributed by atoms with Gasteiger partial charge in [-0.15, -0.1) is 0 Å². The first-order valence-electron chi connectivity index (χ1n) is 9.08. The lowest BCUT2D eigenvalue weighted by atomic mass is 9.88. The average molecular weight is 359 g/mol. The van der Waals surface area contributed by atoms with Crippen LogP contribution in [0.5, 0.6) is 0 Å². The van der Waals surface area contributed by atoms with E-state index in [1.807, 2.05) is 12.2 Å². The fraction of sp³-hybridized carbons (Fsp3) is 0.526. The van der Waals surface area contributed by atoms with Gasteiger partial charge in [-0.3, -0.25) is 9.59 Å². The van der Waals surface area contributed by atoms with E-state index < -0.39 is 29.4 Å². The van der Waals surface area contributed by atoms with Crippen LogP contribution in [-0.2, 0) is 4.79 Å². The van der Waals surface area contributed by atoms with E-state index in [0.29, 0.717) is 24.2 Å². The third-order valence-corrected chi connectivity index (χ3v) is 5.25. The molecule has 0 bridgehead atoms. The topological polar surface area (TPSA) is 114 Å². The standard InChI is InChI=1S/C19H25N3O4/c1-11-10-15(12-6-8-21-9-7-12)26-19(25)16(11)18(24)22-14-5-3-2-4-13(14)17(20)23/h2-3,10,12-14,21H,4-9H2,1H3,(H2,20,23)(H,22,24)/t13-,14-/m1/s1. The molecular weight excluding hydrogens is 334 g/mol. The first kappa shape index (κ1) is 18.4. The van der Waals surface area contributed by atoms with Gasteiger partial charge in [-0.25, -0.2) is 4.79 Å². The minimum absolute atomic E-state index is 0.000424. The molecule has 140 valence electrons. The fourth-order valence-corrected chi connectivity index (χ4v) is 3.74. The van der Waals surface area contributed by atoms with Crippen molar-refractivity contribution < 1.29 is 14.0 Å². The van der Waals surface area contributed by atoms with Crippen molar-refractivity contribution in [3.8, 4) is 0 Å². The maximum Gasteiger partial charge on any atom is 0.349 e. The normalized spacial score (nSPS) is 23.6. The van der Waals surface area contributed by atoms with Crippen molar-refractivity contribution in [3.05, 3.63) is 45.5 Å². The van der Waals surface area contributed by atoms with Crippen molar-refractivity contribution in [3.63, 3.8) is 0 Å². The lowest BCUT2D eigenvalue weighted by Gasteiger charge is -2.27. The summed E-state index contributed by atoms with van der Waals surface area (Å²) in [5.74, 6) is -0.599. The van der Waals surface area contributed by atoms with Gasteiger partial charge in [-0.1, -0.05) is 12.2 Å². The number of rotatable bonds is 4. The predicted octanol–water partition coefficient (Wildman–Crippen LogP) is 0.965. The molecule has 2 aliphatic rings. The number of amides is 2. The maximum absolute atomic E-state index is 12.7. The van der Waals surface area contributed by atoms with Gasteiger partial charge in [-0.05, 0) is 57.3 Å². The number of hydrogen-bond donors (Lipinski definition) is 3. The molecule has 2 atom stereocenters. The molecule has 0 unspecified atom stereocenters. The summed E-state index contributed by atoms with van der Waals surface area (Å²) >= 11 is 0. The highest BCUT2D eigenvalue weighted by molar-refractivity contribution is 5.95. The monoisotopic (exact) mass is 359 g/mol. The number of carbonyl (C=O) groups is 2. The van der Waals surface area contributed by atoms with Crippen molar-refractivity contribution in [2.75, 3.05) is 13.1 Å². The van der Waals surface area contributed by atoms with Crippen molar-refractivity contribution in [1.82, 2.24) is 10.6 Å². The molecule has 3 rings (SSSR count). The predicted molar refractivity (Wildman–Crippen MR) is 96.9 cm³/mol. The van der Waals surface area contributed by atoms with E-state index in [2.05, 4.69) is 10.6 Å². The minimum Gasteiger partial charge on any atom is -0.427 e. The van der Waals surface area contributed by atoms with Crippen LogP contribution in [0.15, 0.2) is 27.4 Å². The SMILES string of the molecule is Cc1cc(C2CCNCC2)oc(=O)c1C(=O)N[C@@H]1CC=CC[C@H]1C(N)=O. The van der Waals surface area contributed by atoms with Crippen LogP contribution in [0, 0.1) is 12.8 Å². The summed E-state index contributed by atoms with van der Waals surface area (Å²) < 4.78 is 5.46. The number of nitrogens with one attached hydrogen (secondary N) is 2. The molecule has 1 fully saturated rings. The second kappa shape index (κ2) is 7.86. The summed E-state index contributed by atoms with van der Waals surface area (Å²) in [6, 6.07) is 1.38. The zero-order chi connectivity index (χ0) is 18.7. The molecule has 2 amide bonds. The Morgan fingerprint density at radius 2 is 1.92 bits per heavy atom. The highest BCUT2D eigenvalue weighted by atomic mass is 16.4. The minimum atomic E-state index is -0.627. The van der Waals surface area contributed by atoms with E-state index in [9.17, 15) is 14.4 Å². The van der Waals surface area contributed by atoms with Crippen molar-refractivity contribution in [1.29, 1.82) is 0 Å². The Labute approximate surface area is 152 Å². The first-order chi connectivity index (χ1) is 12.5. The van der Waals surface area contributed by atoms with Crippen LogP contribution in [0.1, 0.15) is 53.3 Å². The lowest BCUT2D eigenvalue weighted by molar-refractivity contribution is -0.122. The van der Waals surface area contributed by atoms with Crippen LogP contribution in [0.3, 0.4) is 0 Å². The number of nitrogens with two attached hydrogens (primary N) is 1. The fourth-order valence-electron chi connectivity index (χ4n) is 3.74. The second-order valence-electron chi connectivity index (χ2n) is 7.05. The average Bonchev–Trinajstić information content (AvgIpc) is 2.62. The molecule has 0 radical (unpaired) electrons. The highest BCUT2D eigenvalue weighted by Crippen LogP contribution is 2.25. The Kier molecular flexibility index (Phi) is 5.56.